The van der Waals surface area contributed by atoms with E-state index in [9.17, 15) is 9.59 Å². The lowest BCUT2D eigenvalue weighted by Gasteiger charge is -2.27. The third-order valence-corrected chi connectivity index (χ3v) is 4.71. The molecular weight excluding hydrogens is 328 g/mol. The van der Waals surface area contributed by atoms with Crippen LogP contribution in [0.2, 0.25) is 0 Å². The summed E-state index contributed by atoms with van der Waals surface area (Å²) in [6.07, 6.45) is 0.919. The number of aryl methyl sites for hydroxylation is 1. The fourth-order valence-electron chi connectivity index (χ4n) is 3.02. The third-order valence-electron chi connectivity index (χ3n) is 4.71. The fourth-order valence-corrected chi connectivity index (χ4v) is 3.02. The quantitative estimate of drug-likeness (QED) is 0.608. The van der Waals surface area contributed by atoms with Crippen molar-refractivity contribution in [2.75, 3.05) is 39.3 Å². The van der Waals surface area contributed by atoms with Crippen LogP contribution in [-0.4, -0.2) is 62.0 Å². The maximum Gasteiger partial charge on any atom is 0.251 e. The summed E-state index contributed by atoms with van der Waals surface area (Å²) in [5.41, 5.74) is 1.68. The summed E-state index contributed by atoms with van der Waals surface area (Å²) in [7, 11) is 0. The minimum atomic E-state index is -0.525. The van der Waals surface area contributed by atoms with Crippen LogP contribution in [0.4, 0.5) is 0 Å². The summed E-state index contributed by atoms with van der Waals surface area (Å²) in [4.78, 5) is 27.3. The highest BCUT2D eigenvalue weighted by Gasteiger charge is 2.24. The smallest absolute Gasteiger partial charge is 0.251 e. The lowest BCUT2D eigenvalue weighted by Crippen LogP contribution is -2.50. The van der Waals surface area contributed by atoms with E-state index in [0.29, 0.717) is 12.1 Å². The summed E-state index contributed by atoms with van der Waals surface area (Å²) in [5.74, 6) is -0.294. The highest BCUT2D eigenvalue weighted by atomic mass is 16.2. The molecule has 2 rings (SSSR count). The van der Waals surface area contributed by atoms with Crippen LogP contribution >= 0.6 is 0 Å². The van der Waals surface area contributed by atoms with Crippen LogP contribution in [-0.2, 0) is 4.79 Å². The zero-order chi connectivity index (χ0) is 18.9. The number of carbonyl (C=O) groups excluding carboxylic acids is 2. The number of amides is 2. The Bertz CT molecular complexity index is 580. The molecule has 2 amide bonds. The Kier molecular flexibility index (Phi) is 8.06. The number of hydrogen-bond acceptors (Lipinski definition) is 4. The lowest BCUT2D eigenvalue weighted by molar-refractivity contribution is -0.123. The SMILES string of the molecule is Cc1ccc(C(=O)NC(C(=O)NCCCN2CCNCC2)C(C)C)cc1. The Labute approximate surface area is 156 Å². The van der Waals surface area contributed by atoms with Crippen molar-refractivity contribution in [3.05, 3.63) is 35.4 Å². The Morgan fingerprint density at radius 2 is 1.81 bits per heavy atom. The van der Waals surface area contributed by atoms with Crippen LogP contribution < -0.4 is 16.0 Å². The molecule has 26 heavy (non-hydrogen) atoms. The van der Waals surface area contributed by atoms with Gasteiger partial charge >= 0.3 is 0 Å². The predicted molar refractivity (Wildman–Crippen MR) is 104 cm³/mol. The van der Waals surface area contributed by atoms with E-state index < -0.39 is 6.04 Å². The molecule has 1 saturated heterocycles. The van der Waals surface area contributed by atoms with E-state index in [1.54, 1.807) is 12.1 Å². The van der Waals surface area contributed by atoms with Crippen LogP contribution in [0.25, 0.3) is 0 Å². The number of hydrogen-bond donors (Lipinski definition) is 3. The zero-order valence-corrected chi connectivity index (χ0v) is 16.2. The second kappa shape index (κ2) is 10.3. The molecule has 0 radical (unpaired) electrons. The van der Waals surface area contributed by atoms with Crippen LogP contribution in [0, 0.1) is 12.8 Å². The van der Waals surface area contributed by atoms with E-state index in [-0.39, 0.29) is 17.7 Å². The minimum Gasteiger partial charge on any atom is -0.354 e. The van der Waals surface area contributed by atoms with Gasteiger partial charge in [0, 0.05) is 38.3 Å². The second-order valence-corrected chi connectivity index (χ2v) is 7.30. The van der Waals surface area contributed by atoms with Gasteiger partial charge in [-0.15, -0.1) is 0 Å². The summed E-state index contributed by atoms with van der Waals surface area (Å²) >= 11 is 0. The summed E-state index contributed by atoms with van der Waals surface area (Å²) in [6, 6.07) is 6.84. The van der Waals surface area contributed by atoms with Crippen LogP contribution in [0.1, 0.15) is 36.2 Å². The normalized spacial score (nSPS) is 16.3. The van der Waals surface area contributed by atoms with Gasteiger partial charge in [-0.2, -0.15) is 0 Å². The van der Waals surface area contributed by atoms with Gasteiger partial charge in [0.2, 0.25) is 5.91 Å². The molecule has 1 aromatic carbocycles. The topological polar surface area (TPSA) is 73.5 Å². The Morgan fingerprint density at radius 1 is 1.15 bits per heavy atom. The first-order valence-corrected chi connectivity index (χ1v) is 9.55. The number of benzene rings is 1. The highest BCUT2D eigenvalue weighted by molar-refractivity contribution is 5.97. The molecule has 1 aliphatic rings. The standard InChI is InChI=1S/C20H32N4O2/c1-15(2)18(23-19(25)17-7-5-16(3)6-8-17)20(26)22-9-4-12-24-13-10-21-11-14-24/h5-8,15,18,21H,4,9-14H2,1-3H3,(H,22,26)(H,23,25). The first-order chi connectivity index (χ1) is 12.5. The molecule has 1 aliphatic heterocycles. The number of rotatable bonds is 8. The van der Waals surface area contributed by atoms with Gasteiger partial charge in [-0.05, 0) is 37.9 Å². The minimum absolute atomic E-state index is 0.0255. The van der Waals surface area contributed by atoms with Crippen molar-refractivity contribution in [2.45, 2.75) is 33.2 Å². The highest BCUT2D eigenvalue weighted by Crippen LogP contribution is 2.07. The van der Waals surface area contributed by atoms with Gasteiger partial charge in [0.1, 0.15) is 6.04 Å². The molecule has 0 saturated carbocycles. The van der Waals surface area contributed by atoms with Crippen LogP contribution in [0.3, 0.4) is 0 Å². The number of carbonyl (C=O) groups is 2. The molecule has 1 unspecified atom stereocenters. The molecule has 0 aliphatic carbocycles. The first-order valence-electron chi connectivity index (χ1n) is 9.55. The molecule has 3 N–H and O–H groups in total. The van der Waals surface area contributed by atoms with Crippen molar-refractivity contribution in [3.63, 3.8) is 0 Å². The molecule has 0 aromatic heterocycles. The van der Waals surface area contributed by atoms with Gasteiger partial charge in [0.05, 0.1) is 0 Å². The molecule has 1 heterocycles. The Hall–Kier alpha value is -1.92. The summed E-state index contributed by atoms with van der Waals surface area (Å²) < 4.78 is 0. The van der Waals surface area contributed by atoms with E-state index >= 15 is 0 Å². The molecule has 144 valence electrons. The maximum absolute atomic E-state index is 12.5. The predicted octanol–water partition coefficient (Wildman–Crippen LogP) is 1.16. The Balaban J connectivity index is 1.78. The van der Waals surface area contributed by atoms with Crippen molar-refractivity contribution >= 4 is 11.8 Å². The van der Waals surface area contributed by atoms with E-state index in [2.05, 4.69) is 20.9 Å². The monoisotopic (exact) mass is 360 g/mol. The molecule has 6 heteroatoms. The van der Waals surface area contributed by atoms with Gasteiger partial charge in [-0.1, -0.05) is 31.5 Å². The van der Waals surface area contributed by atoms with Crippen molar-refractivity contribution in [3.8, 4) is 0 Å². The molecule has 1 fully saturated rings. The number of piperazine rings is 1. The van der Waals surface area contributed by atoms with Gasteiger partial charge < -0.3 is 20.9 Å². The van der Waals surface area contributed by atoms with Gasteiger partial charge in [-0.25, -0.2) is 0 Å². The van der Waals surface area contributed by atoms with Crippen LogP contribution in [0.15, 0.2) is 24.3 Å². The van der Waals surface area contributed by atoms with E-state index in [1.807, 2.05) is 32.9 Å². The summed E-state index contributed by atoms with van der Waals surface area (Å²) in [5, 5.41) is 9.18. The fraction of sp³-hybridized carbons (Fsp3) is 0.600. The molecular formula is C20H32N4O2. The molecule has 0 bridgehead atoms. The van der Waals surface area contributed by atoms with Crippen molar-refractivity contribution in [2.24, 2.45) is 5.92 Å². The van der Waals surface area contributed by atoms with Gasteiger partial charge in [0.15, 0.2) is 0 Å². The number of nitrogens with zero attached hydrogens (tertiary/aromatic N) is 1. The number of nitrogens with one attached hydrogen (secondary N) is 3. The first kappa shape index (κ1) is 20.4. The lowest BCUT2D eigenvalue weighted by atomic mass is 10.0. The van der Waals surface area contributed by atoms with Crippen molar-refractivity contribution in [1.29, 1.82) is 0 Å². The van der Waals surface area contributed by atoms with Gasteiger partial charge in [-0.3, -0.25) is 9.59 Å². The van der Waals surface area contributed by atoms with Crippen LogP contribution in [0.5, 0.6) is 0 Å². The second-order valence-electron chi connectivity index (χ2n) is 7.30. The van der Waals surface area contributed by atoms with Crippen molar-refractivity contribution in [1.82, 2.24) is 20.9 Å². The van der Waals surface area contributed by atoms with E-state index in [1.165, 1.54) is 0 Å². The van der Waals surface area contributed by atoms with Gasteiger partial charge in [0.25, 0.3) is 5.91 Å². The molecule has 1 atom stereocenters. The largest absolute Gasteiger partial charge is 0.354 e. The van der Waals surface area contributed by atoms with Crippen molar-refractivity contribution < 1.29 is 9.59 Å². The third kappa shape index (κ3) is 6.42. The average Bonchev–Trinajstić information content (AvgIpc) is 2.64. The maximum atomic E-state index is 12.5. The summed E-state index contributed by atoms with van der Waals surface area (Å²) in [6.45, 7) is 11.7. The molecule has 6 nitrogen and oxygen atoms in total. The zero-order valence-electron chi connectivity index (χ0n) is 16.2. The van der Waals surface area contributed by atoms with E-state index in [0.717, 1.165) is 44.7 Å². The molecule has 1 aromatic rings. The van der Waals surface area contributed by atoms with E-state index in [4.69, 9.17) is 0 Å². The molecule has 0 spiro atoms. The Morgan fingerprint density at radius 3 is 2.42 bits per heavy atom. The average molecular weight is 361 g/mol.